The molecule has 0 saturated heterocycles. The van der Waals surface area contributed by atoms with Gasteiger partial charge in [-0.05, 0) is 31.2 Å². The van der Waals surface area contributed by atoms with Gasteiger partial charge in [0.1, 0.15) is 11.4 Å². The molecule has 4 nitrogen and oxygen atoms in total. The van der Waals surface area contributed by atoms with Crippen LogP contribution in [0.1, 0.15) is 16.2 Å². The van der Waals surface area contributed by atoms with Crippen LogP contribution in [-0.2, 0) is 0 Å². The fourth-order valence-electron chi connectivity index (χ4n) is 1.44. The molecular formula is C13H12N2O2. The number of carbonyl (C=O) groups is 1. The second-order valence-corrected chi connectivity index (χ2v) is 3.64. The van der Waals surface area contributed by atoms with Gasteiger partial charge < -0.3 is 10.4 Å². The SMILES string of the molecule is Cc1cccc(C(=O)Nc2ccccc2O)n1. The fraction of sp³-hybridized carbons (Fsp3) is 0.0769. The van der Waals surface area contributed by atoms with Gasteiger partial charge in [-0.2, -0.15) is 0 Å². The van der Waals surface area contributed by atoms with E-state index in [1.807, 2.05) is 13.0 Å². The Bertz CT molecular complexity index is 553. The number of aromatic nitrogens is 1. The molecule has 4 heteroatoms. The number of hydrogen-bond donors (Lipinski definition) is 2. The van der Waals surface area contributed by atoms with Crippen molar-refractivity contribution < 1.29 is 9.90 Å². The highest BCUT2D eigenvalue weighted by atomic mass is 16.3. The number of pyridine rings is 1. The number of amides is 1. The lowest BCUT2D eigenvalue weighted by molar-refractivity contribution is 0.102. The molecule has 1 heterocycles. The lowest BCUT2D eigenvalue weighted by atomic mass is 10.2. The first-order valence-corrected chi connectivity index (χ1v) is 5.20. The summed E-state index contributed by atoms with van der Waals surface area (Å²) in [5.41, 5.74) is 1.48. The maximum atomic E-state index is 11.8. The van der Waals surface area contributed by atoms with Crippen molar-refractivity contribution in [3.05, 3.63) is 53.9 Å². The van der Waals surface area contributed by atoms with E-state index in [0.717, 1.165) is 5.69 Å². The predicted octanol–water partition coefficient (Wildman–Crippen LogP) is 2.35. The van der Waals surface area contributed by atoms with E-state index in [1.165, 1.54) is 6.07 Å². The van der Waals surface area contributed by atoms with Crippen LogP contribution in [0.4, 0.5) is 5.69 Å². The Hall–Kier alpha value is -2.36. The first kappa shape index (κ1) is 11.1. The number of phenols is 1. The van der Waals surface area contributed by atoms with Gasteiger partial charge in [-0.15, -0.1) is 0 Å². The third-order valence-electron chi connectivity index (χ3n) is 2.27. The fourth-order valence-corrected chi connectivity index (χ4v) is 1.44. The van der Waals surface area contributed by atoms with E-state index in [4.69, 9.17) is 0 Å². The zero-order valence-corrected chi connectivity index (χ0v) is 9.34. The summed E-state index contributed by atoms with van der Waals surface area (Å²) >= 11 is 0. The van der Waals surface area contributed by atoms with Crippen molar-refractivity contribution in [3.8, 4) is 5.75 Å². The molecule has 1 amide bonds. The molecule has 0 saturated carbocycles. The number of nitrogens with one attached hydrogen (secondary N) is 1. The molecule has 0 unspecified atom stereocenters. The normalized spacial score (nSPS) is 9.94. The number of aromatic hydroxyl groups is 1. The van der Waals surface area contributed by atoms with Gasteiger partial charge in [-0.1, -0.05) is 18.2 Å². The molecule has 1 aromatic carbocycles. The van der Waals surface area contributed by atoms with Gasteiger partial charge in [0.25, 0.3) is 5.91 Å². The molecule has 0 radical (unpaired) electrons. The van der Waals surface area contributed by atoms with E-state index in [1.54, 1.807) is 30.3 Å². The summed E-state index contributed by atoms with van der Waals surface area (Å²) < 4.78 is 0. The van der Waals surface area contributed by atoms with Gasteiger partial charge in [-0.3, -0.25) is 4.79 Å². The van der Waals surface area contributed by atoms with Crippen LogP contribution < -0.4 is 5.32 Å². The number of rotatable bonds is 2. The molecule has 2 rings (SSSR count). The monoisotopic (exact) mass is 228 g/mol. The summed E-state index contributed by atoms with van der Waals surface area (Å²) in [5.74, 6) is -0.302. The van der Waals surface area contributed by atoms with Crippen LogP contribution in [0.2, 0.25) is 0 Å². The predicted molar refractivity (Wildman–Crippen MR) is 65.0 cm³/mol. The Balaban J connectivity index is 2.20. The largest absolute Gasteiger partial charge is 0.506 e. The number of phenolic OH excluding ortho intramolecular Hbond substituents is 1. The number of aryl methyl sites for hydroxylation is 1. The lowest BCUT2D eigenvalue weighted by Gasteiger charge is -2.06. The van der Waals surface area contributed by atoms with Crippen molar-refractivity contribution in [3.63, 3.8) is 0 Å². The average Bonchev–Trinajstić information content (AvgIpc) is 2.32. The first-order chi connectivity index (χ1) is 8.16. The molecule has 0 spiro atoms. The molecule has 0 bridgehead atoms. The molecule has 0 aliphatic rings. The van der Waals surface area contributed by atoms with Gasteiger partial charge in [0, 0.05) is 5.69 Å². The van der Waals surface area contributed by atoms with Crippen LogP contribution in [0.3, 0.4) is 0 Å². The summed E-state index contributed by atoms with van der Waals surface area (Å²) in [6.45, 7) is 1.82. The Morgan fingerprint density at radius 3 is 2.65 bits per heavy atom. The number of carbonyl (C=O) groups excluding carboxylic acids is 1. The summed E-state index contributed by atoms with van der Waals surface area (Å²) in [4.78, 5) is 15.9. The Kier molecular flexibility index (Phi) is 3.05. The molecule has 0 aliphatic carbocycles. The van der Waals surface area contributed by atoms with Crippen LogP contribution in [0.25, 0.3) is 0 Å². The van der Waals surface area contributed by atoms with Gasteiger partial charge >= 0.3 is 0 Å². The Morgan fingerprint density at radius 2 is 1.94 bits per heavy atom. The van der Waals surface area contributed by atoms with Gasteiger partial charge in [0.15, 0.2) is 0 Å². The molecule has 0 atom stereocenters. The van der Waals surface area contributed by atoms with E-state index in [0.29, 0.717) is 11.4 Å². The van der Waals surface area contributed by atoms with Crippen LogP contribution in [0.5, 0.6) is 5.75 Å². The Morgan fingerprint density at radius 1 is 1.18 bits per heavy atom. The highest BCUT2D eigenvalue weighted by Crippen LogP contribution is 2.21. The topological polar surface area (TPSA) is 62.2 Å². The zero-order valence-electron chi connectivity index (χ0n) is 9.34. The maximum absolute atomic E-state index is 11.8. The van der Waals surface area contributed by atoms with Crippen molar-refractivity contribution in [2.45, 2.75) is 6.92 Å². The highest BCUT2D eigenvalue weighted by molar-refractivity contribution is 6.03. The van der Waals surface area contributed by atoms with E-state index in [9.17, 15) is 9.90 Å². The third-order valence-corrected chi connectivity index (χ3v) is 2.27. The molecule has 86 valence electrons. The van der Waals surface area contributed by atoms with Crippen molar-refractivity contribution in [1.82, 2.24) is 4.98 Å². The zero-order chi connectivity index (χ0) is 12.3. The molecule has 2 N–H and O–H groups in total. The minimum absolute atomic E-state index is 0.0357. The minimum Gasteiger partial charge on any atom is -0.506 e. The standard InChI is InChI=1S/C13H12N2O2/c1-9-5-4-7-11(14-9)13(17)15-10-6-2-3-8-12(10)16/h2-8,16H,1H3,(H,15,17). The van der Waals surface area contributed by atoms with Gasteiger partial charge in [0.05, 0.1) is 5.69 Å². The van der Waals surface area contributed by atoms with Crippen molar-refractivity contribution >= 4 is 11.6 Å². The molecule has 17 heavy (non-hydrogen) atoms. The minimum atomic E-state index is -0.338. The van der Waals surface area contributed by atoms with E-state index >= 15 is 0 Å². The number of para-hydroxylation sites is 2. The van der Waals surface area contributed by atoms with E-state index in [-0.39, 0.29) is 11.7 Å². The van der Waals surface area contributed by atoms with E-state index < -0.39 is 0 Å². The second-order valence-electron chi connectivity index (χ2n) is 3.64. The van der Waals surface area contributed by atoms with Crippen molar-refractivity contribution in [1.29, 1.82) is 0 Å². The number of hydrogen-bond acceptors (Lipinski definition) is 3. The molecule has 0 fully saturated rings. The van der Waals surface area contributed by atoms with Crippen LogP contribution in [0.15, 0.2) is 42.5 Å². The Labute approximate surface area is 98.9 Å². The smallest absolute Gasteiger partial charge is 0.274 e. The number of benzene rings is 1. The molecule has 2 aromatic rings. The van der Waals surface area contributed by atoms with Crippen LogP contribution >= 0.6 is 0 Å². The average molecular weight is 228 g/mol. The van der Waals surface area contributed by atoms with Gasteiger partial charge in [-0.25, -0.2) is 4.98 Å². The molecule has 0 aliphatic heterocycles. The number of nitrogens with zero attached hydrogens (tertiary/aromatic N) is 1. The third kappa shape index (κ3) is 2.60. The molecular weight excluding hydrogens is 216 g/mol. The summed E-state index contributed by atoms with van der Waals surface area (Å²) in [6, 6.07) is 11.8. The van der Waals surface area contributed by atoms with Crippen LogP contribution in [-0.4, -0.2) is 16.0 Å². The van der Waals surface area contributed by atoms with Crippen molar-refractivity contribution in [2.75, 3.05) is 5.32 Å². The van der Waals surface area contributed by atoms with Crippen molar-refractivity contribution in [2.24, 2.45) is 0 Å². The quantitative estimate of drug-likeness (QED) is 0.775. The maximum Gasteiger partial charge on any atom is 0.274 e. The second kappa shape index (κ2) is 4.65. The molecule has 1 aromatic heterocycles. The van der Waals surface area contributed by atoms with Crippen LogP contribution in [0, 0.1) is 6.92 Å². The first-order valence-electron chi connectivity index (χ1n) is 5.20. The lowest BCUT2D eigenvalue weighted by Crippen LogP contribution is -2.13. The van der Waals surface area contributed by atoms with E-state index in [2.05, 4.69) is 10.3 Å². The summed E-state index contributed by atoms with van der Waals surface area (Å²) in [7, 11) is 0. The summed E-state index contributed by atoms with van der Waals surface area (Å²) in [6.07, 6.45) is 0. The number of anilines is 1. The van der Waals surface area contributed by atoms with Gasteiger partial charge in [0.2, 0.25) is 0 Å². The highest BCUT2D eigenvalue weighted by Gasteiger charge is 2.09. The summed E-state index contributed by atoms with van der Waals surface area (Å²) in [5, 5.41) is 12.1.